The molecule has 3 rings (SSSR count). The van der Waals surface area contributed by atoms with E-state index in [9.17, 15) is 0 Å². The molecule has 2 aromatic rings. The molecule has 0 aliphatic carbocycles. The monoisotopic (exact) mass is 294 g/mol. The fraction of sp³-hybridized carbons (Fsp3) is 0.312. The first-order chi connectivity index (χ1) is 10.8. The van der Waals surface area contributed by atoms with E-state index in [1.807, 2.05) is 24.3 Å². The summed E-state index contributed by atoms with van der Waals surface area (Å²) in [6.45, 7) is 3.88. The van der Waals surface area contributed by atoms with Crippen LogP contribution >= 0.6 is 0 Å². The van der Waals surface area contributed by atoms with Crippen LogP contribution in [0.25, 0.3) is 0 Å². The van der Waals surface area contributed by atoms with Crippen molar-refractivity contribution in [1.29, 1.82) is 5.26 Å². The van der Waals surface area contributed by atoms with Crippen LogP contribution in [0.3, 0.4) is 0 Å². The van der Waals surface area contributed by atoms with Crippen molar-refractivity contribution < 1.29 is 0 Å². The maximum atomic E-state index is 9.14. The average molecular weight is 294 g/mol. The Kier molecular flexibility index (Phi) is 4.17. The normalized spacial score (nSPS) is 15.4. The van der Waals surface area contributed by atoms with Gasteiger partial charge in [-0.1, -0.05) is 12.1 Å². The Bertz CT molecular complexity index is 685. The number of benzene rings is 1. The zero-order valence-electron chi connectivity index (χ0n) is 12.5. The molecular weight excluding hydrogens is 276 g/mol. The van der Waals surface area contributed by atoms with Crippen LogP contribution in [0, 0.1) is 11.3 Å². The van der Waals surface area contributed by atoms with Gasteiger partial charge < -0.3 is 15.1 Å². The molecule has 1 aromatic heterocycles. The summed E-state index contributed by atoms with van der Waals surface area (Å²) in [5, 5.41) is 12.3. The van der Waals surface area contributed by atoms with Gasteiger partial charge in [-0.05, 0) is 25.2 Å². The van der Waals surface area contributed by atoms with E-state index < -0.39 is 0 Å². The lowest BCUT2D eigenvalue weighted by Gasteiger charge is -2.32. The molecule has 0 radical (unpaired) electrons. The van der Waals surface area contributed by atoms with E-state index >= 15 is 0 Å². The molecular formula is C16H18N6. The second kappa shape index (κ2) is 6.41. The van der Waals surface area contributed by atoms with E-state index in [4.69, 9.17) is 5.26 Å². The third-order valence-electron chi connectivity index (χ3n) is 3.74. The van der Waals surface area contributed by atoms with Gasteiger partial charge in [-0.25, -0.2) is 4.98 Å². The van der Waals surface area contributed by atoms with Gasteiger partial charge in [0, 0.05) is 32.4 Å². The van der Waals surface area contributed by atoms with Crippen molar-refractivity contribution in [2.75, 3.05) is 43.4 Å². The lowest BCUT2D eigenvalue weighted by Crippen LogP contribution is -2.45. The Morgan fingerprint density at radius 1 is 1.14 bits per heavy atom. The highest BCUT2D eigenvalue weighted by Gasteiger charge is 2.16. The number of rotatable bonds is 3. The van der Waals surface area contributed by atoms with Crippen molar-refractivity contribution in [3.05, 3.63) is 42.1 Å². The minimum absolute atomic E-state index is 0.599. The minimum Gasteiger partial charge on any atom is -0.339 e. The Labute approximate surface area is 130 Å². The van der Waals surface area contributed by atoms with E-state index in [1.54, 1.807) is 12.3 Å². The fourth-order valence-corrected chi connectivity index (χ4v) is 2.40. The first-order valence-electron chi connectivity index (χ1n) is 7.29. The third-order valence-corrected chi connectivity index (χ3v) is 3.74. The van der Waals surface area contributed by atoms with Gasteiger partial charge in [0.1, 0.15) is 11.9 Å². The molecule has 1 saturated heterocycles. The summed E-state index contributed by atoms with van der Waals surface area (Å²) in [6.07, 6.45) is 1.75. The van der Waals surface area contributed by atoms with Gasteiger partial charge in [0.15, 0.2) is 0 Å². The predicted molar refractivity (Wildman–Crippen MR) is 86.2 cm³/mol. The molecule has 0 unspecified atom stereocenters. The second-order valence-corrected chi connectivity index (χ2v) is 5.31. The van der Waals surface area contributed by atoms with Crippen LogP contribution < -0.4 is 10.2 Å². The number of anilines is 3. The maximum absolute atomic E-state index is 9.14. The highest BCUT2D eigenvalue weighted by atomic mass is 15.3. The number of hydrogen-bond donors (Lipinski definition) is 1. The molecule has 1 aliphatic heterocycles. The Morgan fingerprint density at radius 3 is 2.68 bits per heavy atom. The SMILES string of the molecule is CN1CCN(c2nccc(Nc3ccccc3C#N)n2)CC1. The predicted octanol–water partition coefficient (Wildman–Crippen LogP) is 1.84. The summed E-state index contributed by atoms with van der Waals surface area (Å²) in [7, 11) is 2.12. The van der Waals surface area contributed by atoms with Crippen molar-refractivity contribution in [3.8, 4) is 6.07 Å². The molecule has 22 heavy (non-hydrogen) atoms. The van der Waals surface area contributed by atoms with Crippen molar-refractivity contribution in [2.45, 2.75) is 0 Å². The van der Waals surface area contributed by atoms with E-state index in [1.165, 1.54) is 0 Å². The smallest absolute Gasteiger partial charge is 0.227 e. The highest BCUT2D eigenvalue weighted by Crippen LogP contribution is 2.20. The summed E-state index contributed by atoms with van der Waals surface area (Å²) in [5.41, 5.74) is 1.36. The summed E-state index contributed by atoms with van der Waals surface area (Å²) in [5.74, 6) is 1.43. The highest BCUT2D eigenvalue weighted by molar-refractivity contribution is 5.64. The summed E-state index contributed by atoms with van der Waals surface area (Å²) in [4.78, 5) is 13.4. The zero-order valence-corrected chi connectivity index (χ0v) is 12.5. The molecule has 0 atom stereocenters. The number of likely N-dealkylation sites (N-methyl/N-ethyl adjacent to an activating group) is 1. The van der Waals surface area contributed by atoms with Gasteiger partial charge in [0.2, 0.25) is 5.95 Å². The molecule has 112 valence electrons. The lowest BCUT2D eigenvalue weighted by atomic mass is 10.2. The number of para-hydroxylation sites is 1. The first-order valence-corrected chi connectivity index (χ1v) is 7.29. The number of nitrogens with zero attached hydrogens (tertiary/aromatic N) is 5. The zero-order chi connectivity index (χ0) is 15.4. The average Bonchev–Trinajstić information content (AvgIpc) is 2.56. The molecule has 0 saturated carbocycles. The number of nitriles is 1. The summed E-state index contributed by atoms with van der Waals surface area (Å²) >= 11 is 0. The van der Waals surface area contributed by atoms with Gasteiger partial charge in [-0.3, -0.25) is 0 Å². The molecule has 0 amide bonds. The number of aromatic nitrogens is 2. The van der Waals surface area contributed by atoms with Crippen LogP contribution in [0.1, 0.15) is 5.56 Å². The molecule has 1 fully saturated rings. The summed E-state index contributed by atoms with van der Waals surface area (Å²) < 4.78 is 0. The topological polar surface area (TPSA) is 68.1 Å². The van der Waals surface area contributed by atoms with Crippen molar-refractivity contribution >= 4 is 17.5 Å². The number of nitrogens with one attached hydrogen (secondary N) is 1. The Balaban J connectivity index is 1.78. The van der Waals surface area contributed by atoms with Crippen LogP contribution in [0.5, 0.6) is 0 Å². The first kappa shape index (κ1) is 14.3. The van der Waals surface area contributed by atoms with E-state index in [0.29, 0.717) is 11.4 Å². The van der Waals surface area contributed by atoms with Gasteiger partial charge in [0.25, 0.3) is 0 Å². The number of piperazine rings is 1. The van der Waals surface area contributed by atoms with Crippen LogP contribution in [-0.4, -0.2) is 48.1 Å². The Hall–Kier alpha value is -2.65. The Morgan fingerprint density at radius 2 is 1.91 bits per heavy atom. The largest absolute Gasteiger partial charge is 0.339 e. The molecule has 2 heterocycles. The van der Waals surface area contributed by atoms with Crippen LogP contribution in [0.2, 0.25) is 0 Å². The molecule has 1 aromatic carbocycles. The number of hydrogen-bond acceptors (Lipinski definition) is 6. The van der Waals surface area contributed by atoms with E-state index in [0.717, 1.165) is 37.8 Å². The van der Waals surface area contributed by atoms with Gasteiger partial charge in [0.05, 0.1) is 11.3 Å². The van der Waals surface area contributed by atoms with E-state index in [-0.39, 0.29) is 0 Å². The van der Waals surface area contributed by atoms with Crippen LogP contribution in [0.15, 0.2) is 36.5 Å². The molecule has 1 N–H and O–H groups in total. The molecule has 6 heteroatoms. The molecule has 1 aliphatic rings. The minimum atomic E-state index is 0.599. The van der Waals surface area contributed by atoms with Crippen molar-refractivity contribution in [2.24, 2.45) is 0 Å². The molecule has 0 spiro atoms. The maximum Gasteiger partial charge on any atom is 0.227 e. The standard InChI is InChI=1S/C16H18N6/c1-21-8-10-22(11-9-21)16-18-7-6-15(20-16)19-14-5-3-2-4-13(14)12-17/h2-7H,8-11H2,1H3,(H,18,19,20). The summed E-state index contributed by atoms with van der Waals surface area (Å²) in [6, 6.07) is 11.4. The molecule has 6 nitrogen and oxygen atoms in total. The van der Waals surface area contributed by atoms with E-state index in [2.05, 4.69) is 38.2 Å². The van der Waals surface area contributed by atoms with Crippen LogP contribution in [0.4, 0.5) is 17.5 Å². The second-order valence-electron chi connectivity index (χ2n) is 5.31. The van der Waals surface area contributed by atoms with Gasteiger partial charge >= 0.3 is 0 Å². The van der Waals surface area contributed by atoms with Gasteiger partial charge in [-0.15, -0.1) is 0 Å². The third kappa shape index (κ3) is 3.15. The van der Waals surface area contributed by atoms with Crippen molar-refractivity contribution in [3.63, 3.8) is 0 Å². The lowest BCUT2D eigenvalue weighted by molar-refractivity contribution is 0.311. The fourth-order valence-electron chi connectivity index (χ4n) is 2.40. The quantitative estimate of drug-likeness (QED) is 0.931. The van der Waals surface area contributed by atoms with Crippen molar-refractivity contribution in [1.82, 2.24) is 14.9 Å². The van der Waals surface area contributed by atoms with Gasteiger partial charge in [-0.2, -0.15) is 10.2 Å². The molecule has 0 bridgehead atoms. The van der Waals surface area contributed by atoms with Crippen LogP contribution in [-0.2, 0) is 0 Å².